The van der Waals surface area contributed by atoms with Crippen molar-refractivity contribution in [3.63, 3.8) is 0 Å². The molecule has 5 nitrogen and oxygen atoms in total. The summed E-state index contributed by atoms with van der Waals surface area (Å²) < 4.78 is 26.9. The largest absolute Gasteiger partial charge is 0.298 e. The smallest absolute Gasteiger partial charge is 0.269 e. The van der Waals surface area contributed by atoms with Crippen molar-refractivity contribution >= 4 is 16.3 Å². The molecule has 0 spiro atoms. The second-order valence-electron chi connectivity index (χ2n) is 5.08. The van der Waals surface area contributed by atoms with E-state index in [1.807, 2.05) is 31.2 Å². The third-order valence-corrected chi connectivity index (χ3v) is 5.21. The van der Waals surface area contributed by atoms with E-state index in [1.54, 1.807) is 12.1 Å². The highest BCUT2D eigenvalue weighted by Gasteiger charge is 2.22. The van der Waals surface area contributed by atoms with Crippen molar-refractivity contribution in [2.24, 2.45) is 0 Å². The Morgan fingerprint density at radius 1 is 1.13 bits per heavy atom. The zero-order chi connectivity index (χ0) is 16.4. The fraction of sp³-hybridized carbons (Fsp3) is 0.0588. The number of rotatable bonds is 4. The van der Waals surface area contributed by atoms with Crippen LogP contribution in [0.25, 0.3) is 11.3 Å². The lowest BCUT2D eigenvalue weighted by atomic mass is 10.1. The third kappa shape index (κ3) is 2.68. The molecule has 0 aliphatic carbocycles. The Balaban J connectivity index is 2.27. The van der Waals surface area contributed by atoms with Gasteiger partial charge < -0.3 is 0 Å². The van der Waals surface area contributed by atoms with E-state index < -0.39 is 10.0 Å². The van der Waals surface area contributed by atoms with Crippen LogP contribution in [0.5, 0.6) is 0 Å². The van der Waals surface area contributed by atoms with Crippen molar-refractivity contribution < 1.29 is 13.2 Å². The standard InChI is InChI=1S/C17H14N2O3S/c1-13-5-2-3-7-16(13)17-9-14(12-20)11-19(17)23(21,22)15-6-4-8-18-10-15/h2-12H,1H3. The first-order valence-corrected chi connectivity index (χ1v) is 8.37. The van der Waals surface area contributed by atoms with Crippen molar-refractivity contribution in [3.05, 3.63) is 72.2 Å². The van der Waals surface area contributed by atoms with Crippen LogP contribution in [-0.2, 0) is 10.0 Å². The van der Waals surface area contributed by atoms with Crippen molar-refractivity contribution in [1.82, 2.24) is 8.96 Å². The number of aryl methyl sites for hydroxylation is 1. The molecule has 2 aromatic heterocycles. The minimum atomic E-state index is -3.83. The van der Waals surface area contributed by atoms with E-state index in [-0.39, 0.29) is 4.90 Å². The first-order valence-electron chi connectivity index (χ1n) is 6.93. The summed E-state index contributed by atoms with van der Waals surface area (Å²) in [6, 6.07) is 12.0. The first-order chi connectivity index (χ1) is 11.0. The van der Waals surface area contributed by atoms with E-state index in [4.69, 9.17) is 0 Å². The van der Waals surface area contributed by atoms with Crippen LogP contribution in [0.4, 0.5) is 0 Å². The number of carbonyl (C=O) groups is 1. The van der Waals surface area contributed by atoms with Gasteiger partial charge in [0.1, 0.15) is 4.90 Å². The van der Waals surface area contributed by atoms with Crippen molar-refractivity contribution in [1.29, 1.82) is 0 Å². The summed E-state index contributed by atoms with van der Waals surface area (Å²) in [6.45, 7) is 1.89. The lowest BCUT2D eigenvalue weighted by molar-refractivity contribution is 0.112. The van der Waals surface area contributed by atoms with Gasteiger partial charge in [-0.2, -0.15) is 0 Å². The zero-order valence-corrected chi connectivity index (χ0v) is 13.2. The highest BCUT2D eigenvalue weighted by molar-refractivity contribution is 7.90. The maximum absolute atomic E-state index is 12.9. The van der Waals surface area contributed by atoms with Gasteiger partial charge in [-0.1, -0.05) is 24.3 Å². The maximum Gasteiger partial charge on any atom is 0.269 e. The molecule has 0 bridgehead atoms. The van der Waals surface area contributed by atoms with Crippen LogP contribution in [0, 0.1) is 6.92 Å². The number of hydrogen-bond acceptors (Lipinski definition) is 4. The molecule has 0 fully saturated rings. The van der Waals surface area contributed by atoms with E-state index in [9.17, 15) is 13.2 Å². The molecular weight excluding hydrogens is 312 g/mol. The predicted octanol–water partition coefficient (Wildman–Crippen LogP) is 2.91. The van der Waals surface area contributed by atoms with Gasteiger partial charge in [-0.25, -0.2) is 12.4 Å². The third-order valence-electron chi connectivity index (χ3n) is 3.56. The predicted molar refractivity (Wildman–Crippen MR) is 86.8 cm³/mol. The van der Waals surface area contributed by atoms with E-state index in [2.05, 4.69) is 4.98 Å². The summed E-state index contributed by atoms with van der Waals surface area (Å²) in [5.74, 6) is 0. The van der Waals surface area contributed by atoms with Crippen LogP contribution in [0.1, 0.15) is 15.9 Å². The molecule has 3 rings (SSSR count). The summed E-state index contributed by atoms with van der Waals surface area (Å²) >= 11 is 0. The topological polar surface area (TPSA) is 69.0 Å². The number of aromatic nitrogens is 2. The lowest BCUT2D eigenvalue weighted by Crippen LogP contribution is -2.13. The molecule has 116 valence electrons. The maximum atomic E-state index is 12.9. The Hall–Kier alpha value is -2.73. The molecule has 3 aromatic rings. The monoisotopic (exact) mass is 326 g/mol. The molecule has 0 radical (unpaired) electrons. The van der Waals surface area contributed by atoms with Crippen LogP contribution in [-0.4, -0.2) is 23.7 Å². The molecule has 0 N–H and O–H groups in total. The summed E-state index contributed by atoms with van der Waals surface area (Å²) in [6.07, 6.45) is 4.76. The van der Waals surface area contributed by atoms with Crippen molar-refractivity contribution in [2.75, 3.05) is 0 Å². The molecule has 0 aliphatic rings. The Bertz CT molecular complexity index is 961. The number of hydrogen-bond donors (Lipinski definition) is 0. The fourth-order valence-corrected chi connectivity index (χ4v) is 3.74. The molecule has 0 atom stereocenters. The first kappa shape index (κ1) is 15.2. The number of benzene rings is 1. The molecule has 0 saturated heterocycles. The van der Waals surface area contributed by atoms with Gasteiger partial charge in [-0.3, -0.25) is 9.78 Å². The number of aldehydes is 1. The number of carbonyl (C=O) groups excluding carboxylic acids is 1. The Morgan fingerprint density at radius 3 is 2.57 bits per heavy atom. The van der Waals surface area contributed by atoms with Gasteiger partial charge in [-0.15, -0.1) is 0 Å². The van der Waals surface area contributed by atoms with E-state index in [0.29, 0.717) is 17.5 Å². The lowest BCUT2D eigenvalue weighted by Gasteiger charge is -2.12. The second-order valence-corrected chi connectivity index (χ2v) is 6.90. The molecule has 0 saturated carbocycles. The quantitative estimate of drug-likeness (QED) is 0.691. The van der Waals surface area contributed by atoms with Gasteiger partial charge in [0.25, 0.3) is 10.0 Å². The molecule has 0 amide bonds. The average Bonchev–Trinajstić information content (AvgIpc) is 3.01. The van der Waals surface area contributed by atoms with E-state index in [0.717, 1.165) is 15.1 Å². The van der Waals surface area contributed by atoms with Gasteiger partial charge in [-0.05, 0) is 30.7 Å². The normalized spacial score (nSPS) is 11.3. The molecule has 0 aliphatic heterocycles. The zero-order valence-electron chi connectivity index (χ0n) is 12.4. The highest BCUT2D eigenvalue weighted by atomic mass is 32.2. The molecule has 1 aromatic carbocycles. The Morgan fingerprint density at radius 2 is 1.91 bits per heavy atom. The fourth-order valence-electron chi connectivity index (χ4n) is 2.40. The van der Waals surface area contributed by atoms with Crippen molar-refractivity contribution in [2.45, 2.75) is 11.8 Å². The Labute approximate surface area is 134 Å². The van der Waals surface area contributed by atoms with Gasteiger partial charge in [0.2, 0.25) is 0 Å². The van der Waals surface area contributed by atoms with Gasteiger partial charge in [0.05, 0.1) is 5.69 Å². The number of nitrogens with zero attached hydrogens (tertiary/aromatic N) is 2. The molecular formula is C17H14N2O3S. The van der Waals surface area contributed by atoms with E-state index >= 15 is 0 Å². The van der Waals surface area contributed by atoms with Gasteiger partial charge >= 0.3 is 0 Å². The molecule has 0 unspecified atom stereocenters. The summed E-state index contributed by atoms with van der Waals surface area (Å²) in [4.78, 5) is 15.1. The van der Waals surface area contributed by atoms with E-state index in [1.165, 1.54) is 24.7 Å². The average molecular weight is 326 g/mol. The highest BCUT2D eigenvalue weighted by Crippen LogP contribution is 2.28. The molecule has 2 heterocycles. The summed E-state index contributed by atoms with van der Waals surface area (Å²) in [5.41, 5.74) is 2.43. The summed E-state index contributed by atoms with van der Waals surface area (Å²) in [7, 11) is -3.83. The molecule has 6 heteroatoms. The van der Waals surface area contributed by atoms with Crippen LogP contribution in [0.2, 0.25) is 0 Å². The minimum Gasteiger partial charge on any atom is -0.298 e. The number of pyridine rings is 1. The van der Waals surface area contributed by atoms with Crippen molar-refractivity contribution in [3.8, 4) is 11.3 Å². The second kappa shape index (κ2) is 5.81. The van der Waals surface area contributed by atoms with Gasteiger partial charge in [0, 0.05) is 29.7 Å². The summed E-state index contributed by atoms with van der Waals surface area (Å²) in [5, 5.41) is 0. The van der Waals surface area contributed by atoms with Crippen LogP contribution < -0.4 is 0 Å². The minimum absolute atomic E-state index is 0.0721. The molecule has 23 heavy (non-hydrogen) atoms. The van der Waals surface area contributed by atoms with Crippen LogP contribution in [0.3, 0.4) is 0 Å². The Kier molecular flexibility index (Phi) is 3.83. The SMILES string of the molecule is Cc1ccccc1-c1cc(C=O)cn1S(=O)(=O)c1cccnc1. The van der Waals surface area contributed by atoms with Gasteiger partial charge in [0.15, 0.2) is 6.29 Å². The van der Waals surface area contributed by atoms with Crippen LogP contribution in [0.15, 0.2) is 66.0 Å². The van der Waals surface area contributed by atoms with Crippen LogP contribution >= 0.6 is 0 Å².